The molecule has 0 aliphatic heterocycles. The smallest absolute Gasteiger partial charge is 1.00 e. The van der Waals surface area contributed by atoms with Crippen molar-refractivity contribution < 1.29 is 51.0 Å². The van der Waals surface area contributed by atoms with Gasteiger partial charge in [0.2, 0.25) is 0 Å². The minimum Gasteiger partial charge on any atom is -1.00 e. The Morgan fingerprint density at radius 3 is 1.00 bits per heavy atom. The first-order valence-corrected chi connectivity index (χ1v) is 12.4. The minimum absolute atomic E-state index is 0. The maximum absolute atomic E-state index is 2.33. The van der Waals surface area contributed by atoms with Crippen molar-refractivity contribution in [2.45, 2.75) is 92.9 Å². The van der Waals surface area contributed by atoms with E-state index in [-0.39, 0.29) is 51.0 Å². The summed E-state index contributed by atoms with van der Waals surface area (Å²) in [5, 5.41) is 5.83. The largest absolute Gasteiger partial charge is 4.00 e. The van der Waals surface area contributed by atoms with Gasteiger partial charge in [0.15, 0.2) is 0 Å². The van der Waals surface area contributed by atoms with Gasteiger partial charge in [-0.25, -0.2) is 0 Å². The Balaban J connectivity index is 0.000000608. The molecule has 4 rings (SSSR count). The SMILES string of the molecule is Cc1cc2c(C(C)C)ccc(C(C)C)c2[cH-]1.Cc1cc2c(C(C)C)ccc(C(C)C)c2[cH-]1.[Cl-].[Cl-].[Zr+4]. The molecule has 0 saturated heterocycles. The van der Waals surface area contributed by atoms with Crippen LogP contribution < -0.4 is 24.8 Å². The predicted molar refractivity (Wildman–Crippen MR) is 145 cm³/mol. The molecule has 3 heteroatoms. The molecule has 4 aromatic rings. The molecular formula is C32H42Cl2Zr. The fourth-order valence-electron chi connectivity index (χ4n) is 4.99. The third-order valence-electron chi connectivity index (χ3n) is 6.69. The maximum Gasteiger partial charge on any atom is 4.00 e. The molecule has 0 aromatic heterocycles. The van der Waals surface area contributed by atoms with E-state index in [1.165, 1.54) is 54.9 Å². The van der Waals surface area contributed by atoms with E-state index < -0.39 is 0 Å². The van der Waals surface area contributed by atoms with Crippen LogP contribution in [0.1, 0.15) is 112 Å². The van der Waals surface area contributed by atoms with E-state index in [4.69, 9.17) is 0 Å². The normalized spacial score (nSPS) is 10.9. The van der Waals surface area contributed by atoms with Crippen LogP contribution in [0.15, 0.2) is 48.5 Å². The Morgan fingerprint density at radius 1 is 0.486 bits per heavy atom. The molecule has 0 bridgehead atoms. The second kappa shape index (κ2) is 14.2. The molecule has 0 saturated carbocycles. The molecule has 0 radical (unpaired) electrons. The van der Waals surface area contributed by atoms with Gasteiger partial charge in [0, 0.05) is 0 Å². The minimum atomic E-state index is 0. The first-order chi connectivity index (χ1) is 15.0. The molecule has 0 heterocycles. The van der Waals surface area contributed by atoms with Crippen LogP contribution >= 0.6 is 0 Å². The third kappa shape index (κ3) is 7.57. The van der Waals surface area contributed by atoms with Crippen LogP contribution in [0.4, 0.5) is 0 Å². The van der Waals surface area contributed by atoms with Gasteiger partial charge in [-0.15, -0.1) is 68.1 Å². The van der Waals surface area contributed by atoms with Crippen LogP contribution in [0, 0.1) is 13.8 Å². The Morgan fingerprint density at radius 2 is 0.743 bits per heavy atom. The monoisotopic (exact) mass is 586 g/mol. The Kier molecular flexibility index (Phi) is 13.8. The van der Waals surface area contributed by atoms with Crippen LogP contribution in [-0.2, 0) is 26.2 Å². The Hall–Kier alpha value is -0.877. The van der Waals surface area contributed by atoms with E-state index in [0.29, 0.717) is 23.7 Å². The summed E-state index contributed by atoms with van der Waals surface area (Å²) in [5.41, 5.74) is 8.68. The van der Waals surface area contributed by atoms with Gasteiger partial charge < -0.3 is 24.8 Å². The van der Waals surface area contributed by atoms with E-state index >= 15 is 0 Å². The molecule has 0 aliphatic rings. The van der Waals surface area contributed by atoms with Crippen molar-refractivity contribution in [3.63, 3.8) is 0 Å². The van der Waals surface area contributed by atoms with Gasteiger partial charge in [-0.3, -0.25) is 0 Å². The van der Waals surface area contributed by atoms with Crippen molar-refractivity contribution >= 4 is 21.5 Å². The van der Waals surface area contributed by atoms with Crippen LogP contribution in [0.3, 0.4) is 0 Å². The zero-order chi connectivity index (χ0) is 23.7. The van der Waals surface area contributed by atoms with E-state index in [0.717, 1.165) is 0 Å². The maximum atomic E-state index is 2.33. The average Bonchev–Trinajstić information content (AvgIpc) is 3.27. The van der Waals surface area contributed by atoms with Crippen LogP contribution in [-0.4, -0.2) is 0 Å². The Labute approximate surface area is 246 Å². The number of hydrogen-bond donors (Lipinski definition) is 0. The number of fused-ring (bicyclic) bond motifs is 2. The summed E-state index contributed by atoms with van der Waals surface area (Å²) in [6, 6.07) is 18.5. The van der Waals surface area contributed by atoms with Gasteiger partial charge in [0.05, 0.1) is 0 Å². The van der Waals surface area contributed by atoms with Gasteiger partial charge in [-0.2, -0.15) is 12.1 Å². The van der Waals surface area contributed by atoms with E-state index in [1.807, 2.05) is 0 Å². The molecule has 0 N–H and O–H groups in total. The van der Waals surface area contributed by atoms with Crippen molar-refractivity contribution in [3.05, 3.63) is 81.9 Å². The summed E-state index contributed by atoms with van der Waals surface area (Å²) in [5.74, 6) is 2.41. The zero-order valence-corrected chi connectivity index (χ0v) is 27.2. The summed E-state index contributed by atoms with van der Waals surface area (Å²) < 4.78 is 0. The van der Waals surface area contributed by atoms with Crippen molar-refractivity contribution in [2.75, 3.05) is 0 Å². The van der Waals surface area contributed by atoms with Gasteiger partial charge >= 0.3 is 26.2 Å². The number of benzene rings is 2. The molecule has 4 aromatic carbocycles. The molecule has 0 amide bonds. The zero-order valence-electron chi connectivity index (χ0n) is 23.2. The van der Waals surface area contributed by atoms with Crippen molar-refractivity contribution in [3.8, 4) is 0 Å². The molecule has 0 aliphatic carbocycles. The van der Waals surface area contributed by atoms with Gasteiger partial charge in [0.1, 0.15) is 0 Å². The second-order valence-corrected chi connectivity index (χ2v) is 10.8. The number of halogens is 2. The summed E-state index contributed by atoms with van der Waals surface area (Å²) in [4.78, 5) is 0. The van der Waals surface area contributed by atoms with E-state index in [9.17, 15) is 0 Å². The molecule has 0 fully saturated rings. The number of aryl methyl sites for hydroxylation is 2. The molecule has 0 nitrogen and oxygen atoms in total. The summed E-state index contributed by atoms with van der Waals surface area (Å²) in [6.07, 6.45) is 0. The molecule has 188 valence electrons. The fraction of sp³-hybridized carbons (Fsp3) is 0.438. The standard InChI is InChI=1S/2C16H21.2ClH.Zr/c2*1-10(2)13-6-7-14(11(3)4)16-9-12(5)8-15(13)16;;;/h2*6-11H,1-5H3;2*1H;/q2*-1;;;+4/p-2. The van der Waals surface area contributed by atoms with Crippen LogP contribution in [0.5, 0.6) is 0 Å². The van der Waals surface area contributed by atoms with Gasteiger partial charge in [-0.05, 0) is 11.8 Å². The predicted octanol–water partition coefficient (Wildman–Crippen LogP) is 4.23. The molecule has 0 unspecified atom stereocenters. The van der Waals surface area contributed by atoms with Gasteiger partial charge in [-0.1, -0.05) is 104 Å². The van der Waals surface area contributed by atoms with Crippen LogP contribution in [0.2, 0.25) is 0 Å². The summed E-state index contributed by atoms with van der Waals surface area (Å²) in [7, 11) is 0. The first-order valence-electron chi connectivity index (χ1n) is 12.4. The first kappa shape index (κ1) is 34.1. The summed E-state index contributed by atoms with van der Waals surface area (Å²) >= 11 is 0. The molecular weight excluding hydrogens is 546 g/mol. The fourth-order valence-corrected chi connectivity index (χ4v) is 4.99. The second-order valence-electron chi connectivity index (χ2n) is 10.8. The van der Waals surface area contributed by atoms with Gasteiger partial charge in [0.25, 0.3) is 0 Å². The Bertz CT molecular complexity index is 1020. The molecule has 0 spiro atoms. The van der Waals surface area contributed by atoms with Crippen LogP contribution in [0.25, 0.3) is 21.5 Å². The average molecular weight is 589 g/mol. The molecule has 0 atom stereocenters. The van der Waals surface area contributed by atoms with E-state index in [1.54, 1.807) is 0 Å². The quantitative estimate of drug-likeness (QED) is 0.313. The van der Waals surface area contributed by atoms with Crippen molar-refractivity contribution in [1.29, 1.82) is 0 Å². The van der Waals surface area contributed by atoms with Crippen molar-refractivity contribution in [2.24, 2.45) is 0 Å². The molecule has 35 heavy (non-hydrogen) atoms. The number of rotatable bonds is 4. The topological polar surface area (TPSA) is 0 Å². The third-order valence-corrected chi connectivity index (χ3v) is 6.69. The van der Waals surface area contributed by atoms with Crippen molar-refractivity contribution in [1.82, 2.24) is 0 Å². The van der Waals surface area contributed by atoms with E-state index in [2.05, 4.69) is 118 Å². The number of hydrogen-bond acceptors (Lipinski definition) is 0. The summed E-state index contributed by atoms with van der Waals surface area (Å²) in [6.45, 7) is 22.5.